The molecular formula is C7H10N2O. The average molecular weight is 138 g/mol. The summed E-state index contributed by atoms with van der Waals surface area (Å²) < 4.78 is 0. The van der Waals surface area contributed by atoms with Gasteiger partial charge in [0.2, 0.25) is 0 Å². The largest absolute Gasteiger partial charge is 0.268 e. The van der Waals surface area contributed by atoms with Crippen LogP contribution in [0.15, 0.2) is 11.0 Å². The first kappa shape index (κ1) is 6.99. The summed E-state index contributed by atoms with van der Waals surface area (Å²) >= 11 is 0. The minimum absolute atomic E-state index is 0.0839. The monoisotopic (exact) mass is 138 g/mol. The van der Waals surface area contributed by atoms with Gasteiger partial charge in [-0.15, -0.1) is 0 Å². The first-order valence-electron chi connectivity index (χ1n) is 3.29. The molecular weight excluding hydrogens is 128 g/mol. The number of nitrogens with one attached hydrogen (secondary N) is 1. The Bertz CT molecular complexity index is 277. The molecule has 0 radical (unpaired) electrons. The van der Waals surface area contributed by atoms with Crippen LogP contribution >= 0.6 is 0 Å². The molecule has 0 aliphatic carbocycles. The van der Waals surface area contributed by atoms with Crippen LogP contribution < -0.4 is 5.56 Å². The van der Waals surface area contributed by atoms with E-state index in [1.807, 2.05) is 6.92 Å². The Labute approximate surface area is 59.1 Å². The van der Waals surface area contributed by atoms with Crippen LogP contribution in [0.1, 0.15) is 18.1 Å². The molecule has 1 aromatic heterocycles. The fourth-order valence-electron chi connectivity index (χ4n) is 0.852. The quantitative estimate of drug-likeness (QED) is 0.619. The third-order valence-electron chi connectivity index (χ3n) is 1.59. The molecule has 0 spiro atoms. The molecule has 0 unspecified atom stereocenters. The van der Waals surface area contributed by atoms with Gasteiger partial charge in [0.05, 0.1) is 6.20 Å². The van der Waals surface area contributed by atoms with Gasteiger partial charge in [-0.3, -0.25) is 4.79 Å². The van der Waals surface area contributed by atoms with E-state index in [9.17, 15) is 4.79 Å². The van der Waals surface area contributed by atoms with E-state index in [4.69, 9.17) is 0 Å². The van der Waals surface area contributed by atoms with Crippen LogP contribution in [-0.4, -0.2) is 10.2 Å². The van der Waals surface area contributed by atoms with Crippen molar-refractivity contribution in [2.24, 2.45) is 0 Å². The van der Waals surface area contributed by atoms with Gasteiger partial charge in [0, 0.05) is 5.56 Å². The Morgan fingerprint density at radius 2 is 2.40 bits per heavy atom. The van der Waals surface area contributed by atoms with Gasteiger partial charge in [0.1, 0.15) is 0 Å². The third kappa shape index (κ3) is 1.07. The van der Waals surface area contributed by atoms with Crippen LogP contribution in [0.5, 0.6) is 0 Å². The normalized spacial score (nSPS) is 9.80. The van der Waals surface area contributed by atoms with Crippen LogP contribution in [0, 0.1) is 6.92 Å². The topological polar surface area (TPSA) is 45.8 Å². The van der Waals surface area contributed by atoms with Crippen LogP contribution in [0.4, 0.5) is 0 Å². The molecule has 0 saturated heterocycles. The second-order valence-electron chi connectivity index (χ2n) is 2.20. The molecule has 1 rings (SSSR count). The highest BCUT2D eigenvalue weighted by Crippen LogP contribution is 1.98. The van der Waals surface area contributed by atoms with Crippen molar-refractivity contribution in [1.29, 1.82) is 0 Å². The first-order chi connectivity index (χ1) is 4.75. The van der Waals surface area contributed by atoms with E-state index in [0.717, 1.165) is 17.5 Å². The smallest absolute Gasteiger partial charge is 0.267 e. The van der Waals surface area contributed by atoms with E-state index in [2.05, 4.69) is 10.2 Å². The van der Waals surface area contributed by atoms with Crippen LogP contribution in [0.25, 0.3) is 0 Å². The molecule has 3 heteroatoms. The maximum Gasteiger partial charge on any atom is 0.267 e. The molecule has 3 nitrogen and oxygen atoms in total. The van der Waals surface area contributed by atoms with Gasteiger partial charge >= 0.3 is 0 Å². The Kier molecular flexibility index (Phi) is 1.85. The Balaban J connectivity index is 3.28. The predicted octanol–water partition coefficient (Wildman–Crippen LogP) is 0.641. The van der Waals surface area contributed by atoms with E-state index in [1.54, 1.807) is 13.1 Å². The molecule has 0 bridgehead atoms. The highest BCUT2D eigenvalue weighted by Gasteiger charge is 1.97. The number of aryl methyl sites for hydroxylation is 1. The highest BCUT2D eigenvalue weighted by atomic mass is 16.1. The van der Waals surface area contributed by atoms with Crippen molar-refractivity contribution in [2.45, 2.75) is 20.3 Å². The molecule has 0 aliphatic heterocycles. The summed E-state index contributed by atoms with van der Waals surface area (Å²) in [6.07, 6.45) is 2.56. The van der Waals surface area contributed by atoms with Gasteiger partial charge in [-0.05, 0) is 18.9 Å². The summed E-state index contributed by atoms with van der Waals surface area (Å²) in [5, 5.41) is 6.05. The fourth-order valence-corrected chi connectivity index (χ4v) is 0.852. The van der Waals surface area contributed by atoms with Gasteiger partial charge < -0.3 is 0 Å². The molecule has 1 aromatic rings. The van der Waals surface area contributed by atoms with Gasteiger partial charge in [0.25, 0.3) is 5.56 Å². The summed E-state index contributed by atoms with van der Waals surface area (Å²) in [7, 11) is 0. The number of hydrogen-bond donors (Lipinski definition) is 1. The van der Waals surface area contributed by atoms with Crippen molar-refractivity contribution in [1.82, 2.24) is 10.2 Å². The summed E-state index contributed by atoms with van der Waals surface area (Å²) in [6.45, 7) is 3.81. The van der Waals surface area contributed by atoms with E-state index >= 15 is 0 Å². The molecule has 0 atom stereocenters. The van der Waals surface area contributed by atoms with E-state index in [1.165, 1.54) is 0 Å². The zero-order chi connectivity index (χ0) is 7.56. The summed E-state index contributed by atoms with van der Waals surface area (Å²) in [5.41, 5.74) is 1.71. The lowest BCUT2D eigenvalue weighted by Crippen LogP contribution is -2.13. The lowest BCUT2D eigenvalue weighted by molar-refractivity contribution is 0.924. The Hall–Kier alpha value is -1.12. The molecule has 0 saturated carbocycles. The van der Waals surface area contributed by atoms with Crippen LogP contribution in [-0.2, 0) is 6.42 Å². The molecule has 54 valence electrons. The minimum Gasteiger partial charge on any atom is -0.268 e. The molecule has 1 N–H and O–H groups in total. The lowest BCUT2D eigenvalue weighted by atomic mass is 10.1. The molecule has 10 heavy (non-hydrogen) atoms. The molecule has 1 heterocycles. The highest BCUT2D eigenvalue weighted by molar-refractivity contribution is 5.18. The summed E-state index contributed by atoms with van der Waals surface area (Å²) in [4.78, 5) is 10.9. The van der Waals surface area contributed by atoms with Crippen molar-refractivity contribution >= 4 is 0 Å². The second kappa shape index (κ2) is 2.64. The van der Waals surface area contributed by atoms with E-state index < -0.39 is 0 Å². The summed E-state index contributed by atoms with van der Waals surface area (Å²) in [5.74, 6) is 0. The number of aromatic nitrogens is 2. The zero-order valence-electron chi connectivity index (χ0n) is 6.14. The van der Waals surface area contributed by atoms with Crippen LogP contribution in [0.2, 0.25) is 0 Å². The van der Waals surface area contributed by atoms with Crippen molar-refractivity contribution in [3.05, 3.63) is 27.7 Å². The van der Waals surface area contributed by atoms with Crippen molar-refractivity contribution in [3.8, 4) is 0 Å². The van der Waals surface area contributed by atoms with Crippen LogP contribution in [0.3, 0.4) is 0 Å². The predicted molar refractivity (Wildman–Crippen MR) is 39.0 cm³/mol. The van der Waals surface area contributed by atoms with Gasteiger partial charge in [-0.2, -0.15) is 5.10 Å². The van der Waals surface area contributed by atoms with Gasteiger partial charge in [-0.1, -0.05) is 6.92 Å². The zero-order valence-corrected chi connectivity index (χ0v) is 6.14. The maximum atomic E-state index is 10.9. The summed E-state index contributed by atoms with van der Waals surface area (Å²) in [6, 6.07) is 0. The minimum atomic E-state index is -0.0839. The molecule has 0 amide bonds. The van der Waals surface area contributed by atoms with Crippen molar-refractivity contribution < 1.29 is 0 Å². The van der Waals surface area contributed by atoms with Crippen molar-refractivity contribution in [2.75, 3.05) is 0 Å². The van der Waals surface area contributed by atoms with E-state index in [0.29, 0.717) is 0 Å². The Morgan fingerprint density at radius 3 is 2.90 bits per heavy atom. The van der Waals surface area contributed by atoms with Crippen molar-refractivity contribution in [3.63, 3.8) is 0 Å². The van der Waals surface area contributed by atoms with E-state index in [-0.39, 0.29) is 5.56 Å². The van der Waals surface area contributed by atoms with Gasteiger partial charge in [-0.25, -0.2) is 5.10 Å². The SMILES string of the molecule is CCc1cn[nH]c(=O)c1C. The standard InChI is InChI=1S/C7H10N2O/c1-3-6-4-8-9-7(10)5(6)2/h4H,3H2,1-2H3,(H,9,10). The average Bonchev–Trinajstić information content (AvgIpc) is 1.95. The van der Waals surface area contributed by atoms with Gasteiger partial charge in [0.15, 0.2) is 0 Å². The molecule has 0 aliphatic rings. The molecule has 0 fully saturated rings. The number of H-pyrrole nitrogens is 1. The number of aromatic amines is 1. The fraction of sp³-hybridized carbons (Fsp3) is 0.429. The Morgan fingerprint density at radius 1 is 1.70 bits per heavy atom. The first-order valence-corrected chi connectivity index (χ1v) is 3.29. The number of nitrogens with zero attached hydrogens (tertiary/aromatic N) is 1. The molecule has 0 aromatic carbocycles. The second-order valence-corrected chi connectivity index (χ2v) is 2.20. The lowest BCUT2D eigenvalue weighted by Gasteiger charge is -1.96. The maximum absolute atomic E-state index is 10.9. The third-order valence-corrected chi connectivity index (χ3v) is 1.59. The number of rotatable bonds is 1. The number of hydrogen-bond acceptors (Lipinski definition) is 2.